The van der Waals surface area contributed by atoms with E-state index in [-0.39, 0.29) is 0 Å². The Bertz CT molecular complexity index is 134. The fourth-order valence-corrected chi connectivity index (χ4v) is 5.31. The maximum absolute atomic E-state index is 5.45. The quantitative estimate of drug-likeness (QED) is 0.507. The van der Waals surface area contributed by atoms with Gasteiger partial charge in [-0.3, -0.25) is 0 Å². The highest BCUT2D eigenvalue weighted by atomic mass is 79.9. The first-order valence-corrected chi connectivity index (χ1v) is 7.84. The van der Waals surface area contributed by atoms with E-state index in [0.717, 1.165) is 11.8 Å². The zero-order chi connectivity index (χ0) is 11.0. The summed E-state index contributed by atoms with van der Waals surface area (Å²) < 4.78 is 16.4. The third-order valence-corrected chi connectivity index (χ3v) is 7.03. The molecular weight excluding hydrogens is 264 g/mol. The van der Waals surface area contributed by atoms with Gasteiger partial charge in [0.15, 0.2) is 0 Å². The van der Waals surface area contributed by atoms with Gasteiger partial charge in [0.25, 0.3) is 0 Å². The van der Waals surface area contributed by atoms with Crippen molar-refractivity contribution in [2.45, 2.75) is 31.7 Å². The Hall–Kier alpha value is 0.577. The summed E-state index contributed by atoms with van der Waals surface area (Å²) in [5.74, 6) is 0. The highest BCUT2D eigenvalue weighted by Crippen LogP contribution is 2.30. The molecule has 1 unspecified atom stereocenters. The Morgan fingerprint density at radius 1 is 1.14 bits per heavy atom. The predicted octanol–water partition coefficient (Wildman–Crippen LogP) is 2.82. The van der Waals surface area contributed by atoms with Crippen LogP contribution in [0.3, 0.4) is 0 Å². The lowest BCUT2D eigenvalue weighted by Crippen LogP contribution is -2.48. The maximum Gasteiger partial charge on any atom is 0.504 e. The molecule has 0 aliphatic rings. The highest BCUT2D eigenvalue weighted by molar-refractivity contribution is 9.09. The molecule has 0 aromatic carbocycles. The first-order valence-electron chi connectivity index (χ1n) is 4.92. The normalized spacial score (nSPS) is 14.4. The van der Waals surface area contributed by atoms with E-state index in [2.05, 4.69) is 22.9 Å². The van der Waals surface area contributed by atoms with Crippen LogP contribution in [0.2, 0.25) is 5.54 Å². The van der Waals surface area contributed by atoms with Crippen molar-refractivity contribution < 1.29 is 13.3 Å². The van der Waals surface area contributed by atoms with Gasteiger partial charge in [0.2, 0.25) is 0 Å². The number of hydrogen-bond acceptors (Lipinski definition) is 3. The van der Waals surface area contributed by atoms with E-state index in [1.165, 1.54) is 12.8 Å². The van der Waals surface area contributed by atoms with Crippen molar-refractivity contribution in [3.05, 3.63) is 0 Å². The van der Waals surface area contributed by atoms with Gasteiger partial charge >= 0.3 is 8.80 Å². The predicted molar refractivity (Wildman–Crippen MR) is 63.9 cm³/mol. The molecule has 0 aromatic heterocycles. The summed E-state index contributed by atoms with van der Waals surface area (Å²) in [6, 6.07) is 0. The summed E-state index contributed by atoms with van der Waals surface area (Å²) in [4.78, 5) is 0. The van der Waals surface area contributed by atoms with E-state index in [4.69, 9.17) is 13.3 Å². The molecule has 0 saturated heterocycles. The zero-order valence-corrected chi connectivity index (χ0v) is 12.1. The summed E-state index contributed by atoms with van der Waals surface area (Å²) in [6.07, 6.45) is 3.45. The third kappa shape index (κ3) is 3.62. The number of unbranched alkanes of at least 4 members (excludes halogenated alkanes) is 1. The lowest BCUT2D eigenvalue weighted by Gasteiger charge is -2.31. The molecule has 0 spiro atoms. The first-order chi connectivity index (χ1) is 6.70. The smallest absolute Gasteiger partial charge is 0.377 e. The van der Waals surface area contributed by atoms with E-state index in [1.54, 1.807) is 21.3 Å². The second-order valence-corrected chi connectivity index (χ2v) is 7.11. The number of rotatable bonds is 8. The van der Waals surface area contributed by atoms with E-state index < -0.39 is 8.80 Å². The lowest BCUT2D eigenvalue weighted by molar-refractivity contribution is 0.112. The molecule has 3 nitrogen and oxygen atoms in total. The molecule has 0 bridgehead atoms. The summed E-state index contributed by atoms with van der Waals surface area (Å²) in [7, 11) is 2.57. The van der Waals surface area contributed by atoms with Crippen molar-refractivity contribution in [1.82, 2.24) is 0 Å². The molecular formula is C9H21BrO3Si. The SMILES string of the molecule is CCCCC(CBr)[Si](OC)(OC)OC. The Morgan fingerprint density at radius 3 is 1.93 bits per heavy atom. The van der Waals surface area contributed by atoms with Gasteiger partial charge in [-0.1, -0.05) is 35.7 Å². The molecule has 14 heavy (non-hydrogen) atoms. The monoisotopic (exact) mass is 284 g/mol. The summed E-state index contributed by atoms with van der Waals surface area (Å²) in [5.41, 5.74) is 0.349. The summed E-state index contributed by atoms with van der Waals surface area (Å²) >= 11 is 3.50. The van der Waals surface area contributed by atoms with Crippen molar-refractivity contribution >= 4 is 24.7 Å². The molecule has 0 heterocycles. The number of alkyl halides is 1. The third-order valence-electron chi connectivity index (χ3n) is 2.45. The fraction of sp³-hybridized carbons (Fsp3) is 1.00. The van der Waals surface area contributed by atoms with E-state index >= 15 is 0 Å². The molecule has 0 fully saturated rings. The van der Waals surface area contributed by atoms with E-state index in [0.29, 0.717) is 5.54 Å². The van der Waals surface area contributed by atoms with Crippen LogP contribution in [0.15, 0.2) is 0 Å². The molecule has 0 saturated carbocycles. The van der Waals surface area contributed by atoms with Gasteiger partial charge in [-0.05, 0) is 6.42 Å². The maximum atomic E-state index is 5.45. The molecule has 0 aliphatic heterocycles. The van der Waals surface area contributed by atoms with Gasteiger partial charge in [0.1, 0.15) is 0 Å². The minimum atomic E-state index is -2.43. The molecule has 0 rings (SSSR count). The Balaban J connectivity index is 4.40. The van der Waals surface area contributed by atoms with Crippen molar-refractivity contribution in [2.75, 3.05) is 26.7 Å². The van der Waals surface area contributed by atoms with Crippen LogP contribution in [-0.2, 0) is 13.3 Å². The molecule has 5 heteroatoms. The van der Waals surface area contributed by atoms with Gasteiger partial charge in [-0.25, -0.2) is 0 Å². The lowest BCUT2D eigenvalue weighted by atomic mass is 10.2. The van der Waals surface area contributed by atoms with Gasteiger partial charge < -0.3 is 13.3 Å². The van der Waals surface area contributed by atoms with Gasteiger partial charge in [0, 0.05) is 32.2 Å². The molecule has 0 aliphatic carbocycles. The Kier molecular flexibility index (Phi) is 8.14. The molecule has 0 aromatic rings. The van der Waals surface area contributed by atoms with Crippen molar-refractivity contribution in [3.8, 4) is 0 Å². The fourth-order valence-electron chi connectivity index (χ4n) is 1.55. The van der Waals surface area contributed by atoms with E-state index in [1.807, 2.05) is 0 Å². The summed E-state index contributed by atoms with van der Waals surface area (Å²) in [6.45, 7) is 2.18. The van der Waals surface area contributed by atoms with Crippen LogP contribution in [0, 0.1) is 0 Å². The van der Waals surface area contributed by atoms with Crippen LogP contribution >= 0.6 is 15.9 Å². The van der Waals surface area contributed by atoms with Gasteiger partial charge in [-0.2, -0.15) is 0 Å². The van der Waals surface area contributed by atoms with Crippen LogP contribution < -0.4 is 0 Å². The van der Waals surface area contributed by atoms with Crippen LogP contribution in [-0.4, -0.2) is 35.5 Å². The van der Waals surface area contributed by atoms with Crippen LogP contribution in [0.4, 0.5) is 0 Å². The average molecular weight is 285 g/mol. The summed E-state index contributed by atoms with van der Waals surface area (Å²) in [5, 5.41) is 0.870. The topological polar surface area (TPSA) is 27.7 Å². The molecule has 86 valence electrons. The van der Waals surface area contributed by atoms with Gasteiger partial charge in [-0.15, -0.1) is 0 Å². The molecule has 0 amide bonds. The van der Waals surface area contributed by atoms with Crippen LogP contribution in [0.1, 0.15) is 26.2 Å². The minimum Gasteiger partial charge on any atom is -0.377 e. The second kappa shape index (κ2) is 7.82. The number of halogens is 1. The highest BCUT2D eigenvalue weighted by Gasteiger charge is 2.46. The Morgan fingerprint density at radius 2 is 1.64 bits per heavy atom. The first kappa shape index (κ1) is 14.6. The second-order valence-electron chi connectivity index (χ2n) is 3.21. The average Bonchev–Trinajstić information content (AvgIpc) is 2.25. The molecule has 0 N–H and O–H groups in total. The molecule has 0 radical (unpaired) electrons. The van der Waals surface area contributed by atoms with Crippen molar-refractivity contribution in [2.24, 2.45) is 0 Å². The largest absolute Gasteiger partial charge is 0.504 e. The van der Waals surface area contributed by atoms with Crippen LogP contribution in [0.25, 0.3) is 0 Å². The standard InChI is InChI=1S/C9H21BrO3Si/c1-5-6-7-9(8-10)14(11-2,12-3)13-4/h9H,5-8H2,1-4H3. The molecule has 1 atom stereocenters. The van der Waals surface area contributed by atoms with E-state index in [9.17, 15) is 0 Å². The van der Waals surface area contributed by atoms with Crippen molar-refractivity contribution in [3.63, 3.8) is 0 Å². The van der Waals surface area contributed by atoms with Gasteiger partial charge in [0.05, 0.1) is 0 Å². The number of hydrogen-bond donors (Lipinski definition) is 0. The zero-order valence-electron chi connectivity index (χ0n) is 9.51. The Labute approximate surface area is 96.6 Å². The minimum absolute atomic E-state index is 0.349. The van der Waals surface area contributed by atoms with Crippen molar-refractivity contribution in [1.29, 1.82) is 0 Å². The van der Waals surface area contributed by atoms with Crippen LogP contribution in [0.5, 0.6) is 0 Å².